The number of imidazole rings is 1. The summed E-state index contributed by atoms with van der Waals surface area (Å²) in [5.74, 6) is 0.936. The molecule has 2 aromatic carbocycles. The van der Waals surface area contributed by atoms with Gasteiger partial charge in [-0.15, -0.1) is 0 Å². The molecule has 2 N–H and O–H groups in total. The number of fused-ring (bicyclic) bond motifs is 1. The molecule has 0 atom stereocenters. The summed E-state index contributed by atoms with van der Waals surface area (Å²) >= 11 is 0. The fourth-order valence-corrected chi connectivity index (χ4v) is 1.86. The van der Waals surface area contributed by atoms with Gasteiger partial charge in [0.1, 0.15) is 17.9 Å². The molecule has 0 fully saturated rings. The normalized spacial score (nSPS) is 10.7. The number of hydrogen-bond donors (Lipinski definition) is 2. The number of aromatic nitrogens is 2. The van der Waals surface area contributed by atoms with Crippen molar-refractivity contribution in [3.8, 4) is 17.1 Å². The first-order valence-corrected chi connectivity index (χ1v) is 5.50. The number of phenols is 1. The molecule has 4 nitrogen and oxygen atoms in total. The number of nitrogens with zero attached hydrogens (tertiary/aromatic N) is 1. The van der Waals surface area contributed by atoms with Crippen molar-refractivity contribution in [3.05, 3.63) is 48.0 Å². The van der Waals surface area contributed by atoms with Gasteiger partial charge < -0.3 is 10.1 Å². The Bertz CT molecular complexity index is 714. The molecule has 0 bridgehead atoms. The van der Waals surface area contributed by atoms with Crippen LogP contribution >= 0.6 is 0 Å². The number of carbonyl (C=O) groups excluding carboxylic acids is 1. The minimum Gasteiger partial charge on any atom is -0.508 e. The Kier molecular flexibility index (Phi) is 2.34. The van der Waals surface area contributed by atoms with Gasteiger partial charge in [-0.2, -0.15) is 0 Å². The van der Waals surface area contributed by atoms with Crippen molar-refractivity contribution in [1.82, 2.24) is 9.97 Å². The van der Waals surface area contributed by atoms with Crippen LogP contribution in [0.1, 0.15) is 10.4 Å². The Morgan fingerprint density at radius 2 is 1.89 bits per heavy atom. The molecule has 18 heavy (non-hydrogen) atoms. The molecule has 1 heterocycles. The fraction of sp³-hybridized carbons (Fsp3) is 0. The van der Waals surface area contributed by atoms with E-state index in [9.17, 15) is 9.90 Å². The van der Waals surface area contributed by atoms with E-state index in [1.165, 1.54) is 0 Å². The summed E-state index contributed by atoms with van der Waals surface area (Å²) in [5, 5.41) is 9.24. The number of carbonyl (C=O) groups is 1. The standard InChI is InChI=1S/C14H10N2O2/c17-8-9-1-6-12-13(7-9)16-14(15-12)10-2-4-11(18)5-3-10/h1-8,18H,(H,15,16). The molecule has 0 aliphatic carbocycles. The van der Waals surface area contributed by atoms with Crippen molar-refractivity contribution >= 4 is 17.3 Å². The van der Waals surface area contributed by atoms with Crippen molar-refractivity contribution in [2.45, 2.75) is 0 Å². The number of hydrogen-bond acceptors (Lipinski definition) is 3. The summed E-state index contributed by atoms with van der Waals surface area (Å²) < 4.78 is 0. The van der Waals surface area contributed by atoms with Gasteiger partial charge in [0, 0.05) is 11.1 Å². The topological polar surface area (TPSA) is 66.0 Å². The summed E-state index contributed by atoms with van der Waals surface area (Å²) in [6.45, 7) is 0. The first kappa shape index (κ1) is 10.5. The first-order chi connectivity index (χ1) is 8.76. The predicted octanol–water partition coefficient (Wildman–Crippen LogP) is 2.75. The lowest BCUT2D eigenvalue weighted by Crippen LogP contribution is -1.79. The zero-order chi connectivity index (χ0) is 12.5. The molecule has 0 saturated heterocycles. The molecule has 88 valence electrons. The quantitative estimate of drug-likeness (QED) is 0.674. The third-order valence-electron chi connectivity index (χ3n) is 2.78. The van der Waals surface area contributed by atoms with E-state index >= 15 is 0 Å². The van der Waals surface area contributed by atoms with Crippen molar-refractivity contribution in [2.75, 3.05) is 0 Å². The number of phenolic OH excluding ortho intramolecular Hbond substituents is 1. The minimum atomic E-state index is 0.220. The van der Waals surface area contributed by atoms with Crippen LogP contribution in [0.3, 0.4) is 0 Å². The summed E-state index contributed by atoms with van der Waals surface area (Å²) in [6.07, 6.45) is 0.806. The van der Waals surface area contributed by atoms with E-state index in [4.69, 9.17) is 0 Å². The molecule has 0 spiro atoms. The van der Waals surface area contributed by atoms with Gasteiger partial charge in [-0.3, -0.25) is 4.79 Å². The third kappa shape index (κ3) is 1.73. The monoisotopic (exact) mass is 238 g/mol. The SMILES string of the molecule is O=Cc1ccc2nc(-c3ccc(O)cc3)[nH]c2c1. The van der Waals surface area contributed by atoms with Crippen molar-refractivity contribution < 1.29 is 9.90 Å². The number of benzene rings is 2. The van der Waals surface area contributed by atoms with Crippen LogP contribution in [0.4, 0.5) is 0 Å². The van der Waals surface area contributed by atoms with E-state index in [1.807, 2.05) is 0 Å². The van der Waals surface area contributed by atoms with Gasteiger partial charge in [0.05, 0.1) is 11.0 Å². The van der Waals surface area contributed by atoms with Crippen LogP contribution < -0.4 is 0 Å². The molecule has 1 aromatic heterocycles. The predicted molar refractivity (Wildman–Crippen MR) is 68.6 cm³/mol. The highest BCUT2D eigenvalue weighted by Gasteiger charge is 2.05. The molecule has 3 aromatic rings. The Morgan fingerprint density at radius 1 is 1.11 bits per heavy atom. The van der Waals surface area contributed by atoms with Gasteiger partial charge in [-0.25, -0.2) is 4.98 Å². The minimum absolute atomic E-state index is 0.220. The van der Waals surface area contributed by atoms with Gasteiger partial charge in [-0.05, 0) is 42.5 Å². The highest BCUT2D eigenvalue weighted by Crippen LogP contribution is 2.22. The van der Waals surface area contributed by atoms with Gasteiger partial charge in [0.2, 0.25) is 0 Å². The molecule has 3 rings (SSSR count). The summed E-state index contributed by atoms with van der Waals surface area (Å²) in [4.78, 5) is 18.3. The molecule has 0 unspecified atom stereocenters. The highest BCUT2D eigenvalue weighted by molar-refractivity contribution is 5.86. The van der Waals surface area contributed by atoms with Gasteiger partial charge in [-0.1, -0.05) is 0 Å². The molecule has 0 amide bonds. The Morgan fingerprint density at radius 3 is 2.61 bits per heavy atom. The molecule has 4 heteroatoms. The molecule has 0 aliphatic heterocycles. The maximum Gasteiger partial charge on any atom is 0.150 e. The van der Waals surface area contributed by atoms with Crippen LogP contribution in [0.5, 0.6) is 5.75 Å². The van der Waals surface area contributed by atoms with Crippen LogP contribution in [-0.2, 0) is 0 Å². The van der Waals surface area contributed by atoms with Crippen molar-refractivity contribution in [3.63, 3.8) is 0 Å². The van der Waals surface area contributed by atoms with Gasteiger partial charge in [0.15, 0.2) is 0 Å². The van der Waals surface area contributed by atoms with Crippen molar-refractivity contribution in [1.29, 1.82) is 0 Å². The van der Waals surface area contributed by atoms with Gasteiger partial charge >= 0.3 is 0 Å². The Hall–Kier alpha value is -2.62. The van der Waals surface area contributed by atoms with Gasteiger partial charge in [0.25, 0.3) is 0 Å². The lowest BCUT2D eigenvalue weighted by Gasteiger charge is -1.95. The average Bonchev–Trinajstić information content (AvgIpc) is 2.82. The van der Waals surface area contributed by atoms with E-state index < -0.39 is 0 Å². The number of rotatable bonds is 2. The number of aromatic amines is 1. The lowest BCUT2D eigenvalue weighted by atomic mass is 10.2. The van der Waals surface area contributed by atoms with Crippen molar-refractivity contribution in [2.24, 2.45) is 0 Å². The van der Waals surface area contributed by atoms with E-state index in [1.54, 1.807) is 42.5 Å². The number of aldehydes is 1. The number of aromatic hydroxyl groups is 1. The van der Waals surface area contributed by atoms with E-state index in [2.05, 4.69) is 9.97 Å². The van der Waals surface area contributed by atoms with E-state index in [0.717, 1.165) is 22.9 Å². The van der Waals surface area contributed by atoms with Crippen LogP contribution in [0.2, 0.25) is 0 Å². The highest BCUT2D eigenvalue weighted by atomic mass is 16.3. The second-order valence-corrected chi connectivity index (χ2v) is 4.03. The molecule has 0 saturated carbocycles. The number of nitrogens with one attached hydrogen (secondary N) is 1. The Balaban J connectivity index is 2.12. The largest absolute Gasteiger partial charge is 0.508 e. The van der Waals surface area contributed by atoms with Crippen LogP contribution in [0.25, 0.3) is 22.4 Å². The molecule has 0 radical (unpaired) electrons. The lowest BCUT2D eigenvalue weighted by molar-refractivity contribution is 0.112. The average molecular weight is 238 g/mol. The Labute approximate surface area is 103 Å². The van der Waals surface area contributed by atoms with Crippen LogP contribution in [-0.4, -0.2) is 21.4 Å². The second kappa shape index (κ2) is 4.00. The van der Waals surface area contributed by atoms with E-state index in [-0.39, 0.29) is 5.75 Å². The summed E-state index contributed by atoms with van der Waals surface area (Å²) in [6, 6.07) is 12.1. The number of H-pyrrole nitrogens is 1. The summed E-state index contributed by atoms with van der Waals surface area (Å²) in [7, 11) is 0. The fourth-order valence-electron chi connectivity index (χ4n) is 1.86. The molecule has 0 aliphatic rings. The molecular formula is C14H10N2O2. The molecular weight excluding hydrogens is 228 g/mol. The zero-order valence-electron chi connectivity index (χ0n) is 9.42. The maximum atomic E-state index is 10.7. The zero-order valence-corrected chi connectivity index (χ0v) is 9.42. The first-order valence-electron chi connectivity index (χ1n) is 5.50. The summed E-state index contributed by atoms with van der Waals surface area (Å²) in [5.41, 5.74) is 3.13. The van der Waals surface area contributed by atoms with E-state index in [0.29, 0.717) is 11.4 Å². The van der Waals surface area contributed by atoms with Crippen LogP contribution in [0, 0.1) is 0 Å². The maximum absolute atomic E-state index is 10.7. The second-order valence-electron chi connectivity index (χ2n) is 4.03. The smallest absolute Gasteiger partial charge is 0.150 e. The van der Waals surface area contributed by atoms with Crippen LogP contribution in [0.15, 0.2) is 42.5 Å². The third-order valence-corrected chi connectivity index (χ3v) is 2.78.